The molecule has 0 aliphatic heterocycles. The van der Waals surface area contributed by atoms with Crippen molar-refractivity contribution in [1.29, 1.82) is 0 Å². The van der Waals surface area contributed by atoms with E-state index in [-0.39, 0.29) is 5.97 Å². The van der Waals surface area contributed by atoms with Crippen LogP contribution in [0.3, 0.4) is 0 Å². The molecule has 1 heterocycles. The van der Waals surface area contributed by atoms with Gasteiger partial charge in [-0.2, -0.15) is 0 Å². The van der Waals surface area contributed by atoms with Gasteiger partial charge in [-0.25, -0.2) is 0 Å². The Morgan fingerprint density at radius 1 is 1.18 bits per heavy atom. The summed E-state index contributed by atoms with van der Waals surface area (Å²) >= 11 is 0. The number of ether oxygens (including phenoxy) is 2. The number of hydrogen-bond donors (Lipinski definition) is 0. The van der Waals surface area contributed by atoms with Crippen LogP contribution in [0, 0.1) is 5.92 Å². The van der Waals surface area contributed by atoms with Crippen molar-refractivity contribution >= 4 is 29.3 Å². The fraction of sp³-hybridized carbons (Fsp3) is 0.357. The van der Waals surface area contributed by atoms with Gasteiger partial charge in [-0.1, -0.05) is 63.6 Å². The van der Waals surface area contributed by atoms with Crippen molar-refractivity contribution in [3.63, 3.8) is 0 Å². The first-order chi connectivity index (χ1) is 16.0. The highest BCUT2D eigenvalue weighted by atomic mass is 16.5. The van der Waals surface area contributed by atoms with Crippen molar-refractivity contribution < 1.29 is 23.5 Å². The van der Waals surface area contributed by atoms with E-state index < -0.39 is 5.92 Å². The van der Waals surface area contributed by atoms with Crippen LogP contribution in [0.25, 0.3) is 17.0 Å². The van der Waals surface area contributed by atoms with Gasteiger partial charge in [0.2, 0.25) is 0 Å². The second-order valence-corrected chi connectivity index (χ2v) is 8.55. The normalized spacial score (nSPS) is 12.4. The predicted octanol–water partition coefficient (Wildman–Crippen LogP) is 6.59. The number of carbonyl (C=O) groups is 2. The summed E-state index contributed by atoms with van der Waals surface area (Å²) in [4.78, 5) is 24.6. The van der Waals surface area contributed by atoms with Gasteiger partial charge < -0.3 is 13.9 Å². The Balaban J connectivity index is 2.02. The highest BCUT2D eigenvalue weighted by Crippen LogP contribution is 2.39. The zero-order valence-corrected chi connectivity index (χ0v) is 19.8. The van der Waals surface area contributed by atoms with E-state index in [1.54, 1.807) is 6.26 Å². The van der Waals surface area contributed by atoms with Gasteiger partial charge in [-0.3, -0.25) is 9.59 Å². The smallest absolute Gasteiger partial charge is 0.313 e. The third-order valence-electron chi connectivity index (χ3n) is 5.58. The minimum absolute atomic E-state index is 0.302. The molecule has 0 radical (unpaired) electrons. The largest absolute Gasteiger partial charge is 0.488 e. The lowest BCUT2D eigenvalue weighted by Gasteiger charge is -2.16. The molecule has 5 heteroatoms. The van der Waals surface area contributed by atoms with Crippen LogP contribution in [0.15, 0.2) is 53.2 Å². The first-order valence-corrected chi connectivity index (χ1v) is 11.4. The molecule has 1 unspecified atom stereocenters. The minimum Gasteiger partial charge on any atom is -0.488 e. The molecule has 1 atom stereocenters. The molecule has 0 amide bonds. The van der Waals surface area contributed by atoms with Gasteiger partial charge in [0, 0.05) is 10.9 Å². The zero-order chi connectivity index (χ0) is 23.8. The van der Waals surface area contributed by atoms with Gasteiger partial charge in [0.1, 0.15) is 17.9 Å². The molecule has 0 aliphatic carbocycles. The average molecular weight is 449 g/mol. The Hall–Kier alpha value is -3.34. The van der Waals surface area contributed by atoms with Crippen molar-refractivity contribution in [1.82, 2.24) is 0 Å². The number of esters is 1. The molecule has 0 spiro atoms. The fourth-order valence-corrected chi connectivity index (χ4v) is 4.10. The maximum atomic E-state index is 12.5. The van der Waals surface area contributed by atoms with Crippen LogP contribution in [0.4, 0.5) is 0 Å². The SMILES string of the molecule is CCCC(C(=O)OC)c1coc2c(C=O)c(OCC=Cc3ccccc3)c(CC(C)C)cc12. The van der Waals surface area contributed by atoms with E-state index in [2.05, 4.69) is 13.8 Å². The molecule has 0 aliphatic rings. The van der Waals surface area contributed by atoms with Crippen LogP contribution < -0.4 is 4.74 Å². The quantitative estimate of drug-likeness (QED) is 0.244. The summed E-state index contributed by atoms with van der Waals surface area (Å²) in [6.07, 6.45) is 8.46. The lowest BCUT2D eigenvalue weighted by atomic mass is 9.91. The summed E-state index contributed by atoms with van der Waals surface area (Å²) in [5, 5.41) is 0.767. The number of methoxy groups -OCH3 is 1. The number of rotatable bonds is 11. The number of furan rings is 1. The molecule has 3 rings (SSSR count). The molecule has 3 aromatic rings. The van der Waals surface area contributed by atoms with Crippen molar-refractivity contribution in [3.05, 3.63) is 71.0 Å². The number of hydrogen-bond acceptors (Lipinski definition) is 5. The van der Waals surface area contributed by atoms with Crippen molar-refractivity contribution in [2.75, 3.05) is 13.7 Å². The molecule has 33 heavy (non-hydrogen) atoms. The highest BCUT2D eigenvalue weighted by Gasteiger charge is 2.27. The van der Waals surface area contributed by atoms with E-state index in [0.717, 1.165) is 41.2 Å². The van der Waals surface area contributed by atoms with E-state index in [1.807, 2.05) is 55.5 Å². The number of benzene rings is 2. The predicted molar refractivity (Wildman–Crippen MR) is 131 cm³/mol. The Morgan fingerprint density at radius 3 is 2.58 bits per heavy atom. The molecule has 0 fully saturated rings. The van der Waals surface area contributed by atoms with Gasteiger partial charge in [0.25, 0.3) is 0 Å². The molecule has 5 nitrogen and oxygen atoms in total. The second-order valence-electron chi connectivity index (χ2n) is 8.55. The standard InChI is InChI=1S/C28H32O5/c1-5-10-22(28(30)31-4)25-18-33-27-23(25)16-21(15-19(2)3)26(24(27)17-29)32-14-9-13-20-11-7-6-8-12-20/h6-9,11-13,16-19,22H,5,10,14-15H2,1-4H3. The van der Waals surface area contributed by atoms with Crippen LogP contribution in [-0.4, -0.2) is 26.0 Å². The summed E-state index contributed by atoms with van der Waals surface area (Å²) in [6, 6.07) is 12.0. The maximum absolute atomic E-state index is 12.5. The first kappa shape index (κ1) is 24.3. The van der Waals surface area contributed by atoms with Gasteiger partial charge >= 0.3 is 5.97 Å². The fourth-order valence-electron chi connectivity index (χ4n) is 4.10. The van der Waals surface area contributed by atoms with E-state index in [1.165, 1.54) is 7.11 Å². The van der Waals surface area contributed by atoms with Crippen LogP contribution in [0.1, 0.15) is 66.6 Å². The topological polar surface area (TPSA) is 65.7 Å². The first-order valence-electron chi connectivity index (χ1n) is 11.4. The van der Waals surface area contributed by atoms with Crippen molar-refractivity contribution in [2.45, 2.75) is 46.0 Å². The van der Waals surface area contributed by atoms with Gasteiger partial charge in [0.15, 0.2) is 6.29 Å². The van der Waals surface area contributed by atoms with E-state index >= 15 is 0 Å². The van der Waals surface area contributed by atoms with E-state index in [9.17, 15) is 9.59 Å². The number of aldehydes is 1. The summed E-state index contributed by atoms with van der Waals surface area (Å²) in [5.74, 6) is 0.152. The lowest BCUT2D eigenvalue weighted by Crippen LogP contribution is -2.14. The third kappa shape index (κ3) is 5.72. The Morgan fingerprint density at radius 2 is 1.94 bits per heavy atom. The van der Waals surface area contributed by atoms with Gasteiger partial charge in [-0.15, -0.1) is 0 Å². The molecule has 0 N–H and O–H groups in total. The highest BCUT2D eigenvalue weighted by molar-refractivity contribution is 6.01. The molecule has 0 saturated heterocycles. The molecular formula is C28H32O5. The average Bonchev–Trinajstić information content (AvgIpc) is 3.23. The molecular weight excluding hydrogens is 416 g/mol. The minimum atomic E-state index is -0.437. The maximum Gasteiger partial charge on any atom is 0.313 e. The lowest BCUT2D eigenvalue weighted by molar-refractivity contribution is -0.142. The van der Waals surface area contributed by atoms with Gasteiger partial charge in [-0.05, 0) is 42.0 Å². The summed E-state index contributed by atoms with van der Waals surface area (Å²) < 4.78 is 17.0. The number of fused-ring (bicyclic) bond motifs is 1. The van der Waals surface area contributed by atoms with Crippen LogP contribution in [0.5, 0.6) is 5.75 Å². The third-order valence-corrected chi connectivity index (χ3v) is 5.58. The molecule has 174 valence electrons. The number of carbonyl (C=O) groups excluding carboxylic acids is 2. The Labute approximate surface area is 195 Å². The summed E-state index contributed by atoms with van der Waals surface area (Å²) in [6.45, 7) is 6.58. The van der Waals surface area contributed by atoms with Crippen LogP contribution >= 0.6 is 0 Å². The Bertz CT molecular complexity index is 1110. The molecule has 0 saturated carbocycles. The Kier molecular flexibility index (Phi) is 8.47. The van der Waals surface area contributed by atoms with E-state index in [0.29, 0.717) is 35.8 Å². The van der Waals surface area contributed by atoms with Crippen LogP contribution in [-0.2, 0) is 16.0 Å². The molecule has 1 aromatic heterocycles. The van der Waals surface area contributed by atoms with Crippen LogP contribution in [0.2, 0.25) is 0 Å². The second kappa shape index (κ2) is 11.5. The zero-order valence-electron chi connectivity index (χ0n) is 19.8. The molecule has 2 aromatic carbocycles. The van der Waals surface area contributed by atoms with E-state index in [4.69, 9.17) is 13.9 Å². The summed E-state index contributed by atoms with van der Waals surface area (Å²) in [5.41, 5.74) is 3.58. The van der Waals surface area contributed by atoms with Gasteiger partial charge in [0.05, 0.1) is 24.9 Å². The van der Waals surface area contributed by atoms with Crippen molar-refractivity contribution in [2.24, 2.45) is 5.92 Å². The van der Waals surface area contributed by atoms with Crippen molar-refractivity contribution in [3.8, 4) is 5.75 Å². The molecule has 0 bridgehead atoms. The monoisotopic (exact) mass is 448 g/mol. The summed E-state index contributed by atoms with van der Waals surface area (Å²) in [7, 11) is 1.39.